The monoisotopic (exact) mass is 368 g/mol. The standard InChI is InChI=1S/C20H28N6O/c1-19(2,3)11-20(4,5)26-18(27)16-17(24-14-8-21-12-22-9-14)23-10-15(25-16)13-6-7-13/h8-10,12-13H,6-7,11H2,1-5H3,(H,23,24)(H,26,27). The summed E-state index contributed by atoms with van der Waals surface area (Å²) in [5.74, 6) is 0.609. The molecule has 3 rings (SSSR count). The van der Waals surface area contributed by atoms with Crippen LogP contribution in [-0.4, -0.2) is 31.4 Å². The first-order valence-electron chi connectivity index (χ1n) is 9.34. The number of nitrogens with one attached hydrogen (secondary N) is 2. The van der Waals surface area contributed by atoms with Gasteiger partial charge in [-0.05, 0) is 38.5 Å². The fourth-order valence-corrected chi connectivity index (χ4v) is 3.47. The highest BCUT2D eigenvalue weighted by Gasteiger charge is 2.31. The third kappa shape index (κ3) is 5.45. The average Bonchev–Trinajstić information content (AvgIpc) is 3.38. The van der Waals surface area contributed by atoms with Crippen LogP contribution < -0.4 is 10.6 Å². The third-order valence-corrected chi connectivity index (χ3v) is 4.25. The summed E-state index contributed by atoms with van der Waals surface area (Å²) in [5.41, 5.74) is 1.59. The summed E-state index contributed by atoms with van der Waals surface area (Å²) in [6.45, 7) is 10.6. The molecule has 2 heterocycles. The maximum Gasteiger partial charge on any atom is 0.274 e. The predicted molar refractivity (Wildman–Crippen MR) is 105 cm³/mol. The SMILES string of the molecule is CC(C)(C)CC(C)(C)NC(=O)c1nc(C2CC2)cnc1Nc1cncnc1. The number of carbonyl (C=O) groups excluding carboxylic acids is 1. The fourth-order valence-electron chi connectivity index (χ4n) is 3.47. The Hall–Kier alpha value is -2.57. The van der Waals surface area contributed by atoms with Gasteiger partial charge in [-0.2, -0.15) is 0 Å². The van der Waals surface area contributed by atoms with Gasteiger partial charge >= 0.3 is 0 Å². The van der Waals surface area contributed by atoms with Gasteiger partial charge in [0.05, 0.1) is 30.0 Å². The molecule has 0 radical (unpaired) electrons. The first-order chi connectivity index (χ1) is 12.6. The Morgan fingerprint density at radius 1 is 1.11 bits per heavy atom. The van der Waals surface area contributed by atoms with Crippen molar-refractivity contribution in [2.45, 2.75) is 65.3 Å². The summed E-state index contributed by atoms with van der Waals surface area (Å²) >= 11 is 0. The van der Waals surface area contributed by atoms with Gasteiger partial charge in [0.1, 0.15) is 6.33 Å². The van der Waals surface area contributed by atoms with Crippen LogP contribution >= 0.6 is 0 Å². The van der Waals surface area contributed by atoms with Crippen molar-refractivity contribution in [2.75, 3.05) is 5.32 Å². The predicted octanol–water partition coefficient (Wildman–Crippen LogP) is 3.83. The van der Waals surface area contributed by atoms with Crippen LogP contribution in [0.4, 0.5) is 11.5 Å². The van der Waals surface area contributed by atoms with E-state index in [1.807, 2.05) is 13.8 Å². The highest BCUT2D eigenvalue weighted by atomic mass is 16.2. The van der Waals surface area contributed by atoms with Gasteiger partial charge in [-0.15, -0.1) is 0 Å². The van der Waals surface area contributed by atoms with Crippen LogP contribution in [-0.2, 0) is 0 Å². The van der Waals surface area contributed by atoms with Gasteiger partial charge in [0.2, 0.25) is 0 Å². The van der Waals surface area contributed by atoms with Crippen LogP contribution in [0.2, 0.25) is 0 Å². The molecule has 1 aliphatic carbocycles. The van der Waals surface area contributed by atoms with Crippen molar-refractivity contribution in [3.05, 3.63) is 36.3 Å². The first-order valence-corrected chi connectivity index (χ1v) is 9.34. The molecule has 1 amide bonds. The molecule has 7 nitrogen and oxygen atoms in total. The fraction of sp³-hybridized carbons (Fsp3) is 0.550. The van der Waals surface area contributed by atoms with Crippen LogP contribution in [0.15, 0.2) is 24.9 Å². The topological polar surface area (TPSA) is 92.7 Å². The summed E-state index contributed by atoms with van der Waals surface area (Å²) in [4.78, 5) is 30.1. The van der Waals surface area contributed by atoms with Crippen molar-refractivity contribution < 1.29 is 4.79 Å². The zero-order valence-corrected chi connectivity index (χ0v) is 16.7. The van der Waals surface area contributed by atoms with Gasteiger partial charge in [-0.25, -0.2) is 19.9 Å². The van der Waals surface area contributed by atoms with Gasteiger partial charge in [0.15, 0.2) is 11.5 Å². The van der Waals surface area contributed by atoms with E-state index in [1.165, 1.54) is 6.33 Å². The molecule has 2 aromatic rings. The van der Waals surface area contributed by atoms with Crippen molar-refractivity contribution in [1.29, 1.82) is 0 Å². The number of anilines is 2. The molecule has 0 aromatic carbocycles. The van der Waals surface area contributed by atoms with Crippen molar-refractivity contribution in [3.63, 3.8) is 0 Å². The minimum Gasteiger partial charge on any atom is -0.346 e. The van der Waals surface area contributed by atoms with E-state index < -0.39 is 0 Å². The molecule has 0 spiro atoms. The lowest BCUT2D eigenvalue weighted by Crippen LogP contribution is -2.46. The number of amides is 1. The minimum atomic E-state index is -0.361. The Morgan fingerprint density at radius 3 is 2.37 bits per heavy atom. The van der Waals surface area contributed by atoms with E-state index in [0.717, 1.165) is 25.0 Å². The summed E-state index contributed by atoms with van der Waals surface area (Å²) < 4.78 is 0. The van der Waals surface area contributed by atoms with Crippen molar-refractivity contribution in [1.82, 2.24) is 25.3 Å². The number of hydrogen-bond acceptors (Lipinski definition) is 6. The second-order valence-corrected chi connectivity index (χ2v) is 9.09. The van der Waals surface area contributed by atoms with Crippen LogP contribution in [0.1, 0.15) is 76.0 Å². The summed E-state index contributed by atoms with van der Waals surface area (Å²) in [6, 6.07) is 0. The number of rotatable bonds is 6. The molecule has 0 unspecified atom stereocenters. The van der Waals surface area contributed by atoms with E-state index in [0.29, 0.717) is 23.1 Å². The lowest BCUT2D eigenvalue weighted by molar-refractivity contribution is 0.0886. The number of aromatic nitrogens is 4. The number of nitrogens with zero attached hydrogens (tertiary/aromatic N) is 4. The van der Waals surface area contributed by atoms with E-state index in [1.54, 1.807) is 18.6 Å². The van der Waals surface area contributed by atoms with Crippen LogP contribution in [0.25, 0.3) is 0 Å². The van der Waals surface area contributed by atoms with E-state index >= 15 is 0 Å². The van der Waals surface area contributed by atoms with Crippen LogP contribution in [0, 0.1) is 5.41 Å². The van der Waals surface area contributed by atoms with E-state index in [2.05, 4.69) is 51.3 Å². The molecule has 1 fully saturated rings. The molecule has 2 N–H and O–H groups in total. The van der Waals surface area contributed by atoms with Gasteiger partial charge in [0, 0.05) is 11.5 Å². The molecular weight excluding hydrogens is 340 g/mol. The molecule has 0 aliphatic heterocycles. The Morgan fingerprint density at radius 2 is 1.78 bits per heavy atom. The van der Waals surface area contributed by atoms with Crippen LogP contribution in [0.5, 0.6) is 0 Å². The first kappa shape index (κ1) is 19.2. The molecule has 1 aliphatic rings. The molecule has 0 saturated heterocycles. The second-order valence-electron chi connectivity index (χ2n) is 9.09. The highest BCUT2D eigenvalue weighted by molar-refractivity contribution is 5.97. The average molecular weight is 368 g/mol. The zero-order valence-electron chi connectivity index (χ0n) is 16.7. The van der Waals surface area contributed by atoms with Crippen molar-refractivity contribution in [2.24, 2.45) is 5.41 Å². The van der Waals surface area contributed by atoms with E-state index in [-0.39, 0.29) is 16.9 Å². The maximum atomic E-state index is 13.1. The molecular formula is C20H28N6O. The van der Waals surface area contributed by atoms with Crippen molar-refractivity contribution in [3.8, 4) is 0 Å². The second kappa shape index (κ2) is 7.21. The summed E-state index contributed by atoms with van der Waals surface area (Å²) in [6.07, 6.45) is 9.52. The van der Waals surface area contributed by atoms with Crippen LogP contribution in [0.3, 0.4) is 0 Å². The van der Waals surface area contributed by atoms with Crippen molar-refractivity contribution >= 4 is 17.4 Å². The normalized spacial score (nSPS) is 14.7. The molecule has 7 heteroatoms. The third-order valence-electron chi connectivity index (χ3n) is 4.25. The number of carbonyl (C=O) groups is 1. The summed E-state index contributed by atoms with van der Waals surface area (Å²) in [7, 11) is 0. The lowest BCUT2D eigenvalue weighted by atomic mass is 9.82. The Bertz CT molecular complexity index is 809. The quantitative estimate of drug-likeness (QED) is 0.805. The van der Waals surface area contributed by atoms with E-state index in [9.17, 15) is 4.79 Å². The van der Waals surface area contributed by atoms with Gasteiger partial charge in [0.25, 0.3) is 5.91 Å². The molecule has 0 atom stereocenters. The molecule has 1 saturated carbocycles. The maximum absolute atomic E-state index is 13.1. The smallest absolute Gasteiger partial charge is 0.274 e. The zero-order chi connectivity index (χ0) is 19.7. The largest absolute Gasteiger partial charge is 0.346 e. The molecule has 144 valence electrons. The Balaban J connectivity index is 1.86. The van der Waals surface area contributed by atoms with Gasteiger partial charge in [-0.1, -0.05) is 20.8 Å². The van der Waals surface area contributed by atoms with Gasteiger partial charge in [-0.3, -0.25) is 4.79 Å². The molecule has 27 heavy (non-hydrogen) atoms. The Labute approximate surface area is 160 Å². The lowest BCUT2D eigenvalue weighted by Gasteiger charge is -2.33. The Kier molecular flexibility index (Phi) is 5.13. The molecule has 0 bridgehead atoms. The number of hydrogen-bond donors (Lipinski definition) is 2. The molecule has 2 aromatic heterocycles. The summed E-state index contributed by atoms with van der Waals surface area (Å²) in [5, 5.41) is 6.24. The van der Waals surface area contributed by atoms with E-state index in [4.69, 9.17) is 0 Å². The minimum absolute atomic E-state index is 0.0980. The highest BCUT2D eigenvalue weighted by Crippen LogP contribution is 2.39. The van der Waals surface area contributed by atoms with Gasteiger partial charge < -0.3 is 10.6 Å².